The number of aromatic hydroxyl groups is 1. The molecule has 1 amide bonds. The van der Waals surface area contributed by atoms with Gasteiger partial charge in [-0.15, -0.1) is 0 Å². The zero-order valence-electron chi connectivity index (χ0n) is 12.4. The predicted octanol–water partition coefficient (Wildman–Crippen LogP) is 2.88. The number of carbonyl (C=O) groups excluding carboxylic acids is 1. The molecule has 0 unspecified atom stereocenters. The standard InChI is InChI=1S/C16H19N3O2/c1-11(2)18-15-10-12(8-9-17-15)16(21)19(3)13-4-6-14(20)7-5-13/h4-11,20H,1-3H3,(H,17,18). The molecule has 1 heterocycles. The van der Waals surface area contributed by atoms with Gasteiger partial charge in [-0.1, -0.05) is 0 Å². The number of nitrogens with one attached hydrogen (secondary N) is 1. The summed E-state index contributed by atoms with van der Waals surface area (Å²) in [6.45, 7) is 4.03. The van der Waals surface area contributed by atoms with Gasteiger partial charge in [-0.2, -0.15) is 0 Å². The van der Waals surface area contributed by atoms with Crippen molar-refractivity contribution in [2.24, 2.45) is 0 Å². The summed E-state index contributed by atoms with van der Waals surface area (Å²) < 4.78 is 0. The number of nitrogens with zero attached hydrogens (tertiary/aromatic N) is 2. The lowest BCUT2D eigenvalue weighted by molar-refractivity contribution is 0.0993. The zero-order chi connectivity index (χ0) is 15.4. The highest BCUT2D eigenvalue weighted by molar-refractivity contribution is 6.06. The molecule has 0 radical (unpaired) electrons. The molecule has 0 saturated heterocycles. The molecule has 5 heteroatoms. The highest BCUT2D eigenvalue weighted by Gasteiger charge is 2.14. The highest BCUT2D eigenvalue weighted by Crippen LogP contribution is 2.19. The predicted molar refractivity (Wildman–Crippen MR) is 83.8 cm³/mol. The van der Waals surface area contributed by atoms with Gasteiger partial charge in [-0.3, -0.25) is 4.79 Å². The molecule has 110 valence electrons. The van der Waals surface area contributed by atoms with Gasteiger partial charge in [0, 0.05) is 30.5 Å². The van der Waals surface area contributed by atoms with E-state index in [-0.39, 0.29) is 17.7 Å². The number of anilines is 2. The van der Waals surface area contributed by atoms with Crippen LogP contribution in [-0.2, 0) is 0 Å². The topological polar surface area (TPSA) is 65.5 Å². The third-order valence-electron chi connectivity index (χ3n) is 2.99. The summed E-state index contributed by atoms with van der Waals surface area (Å²) in [5.74, 6) is 0.719. The number of hydrogen-bond donors (Lipinski definition) is 2. The van der Waals surface area contributed by atoms with Gasteiger partial charge >= 0.3 is 0 Å². The van der Waals surface area contributed by atoms with Crippen molar-refractivity contribution in [2.45, 2.75) is 19.9 Å². The molecule has 0 aliphatic heterocycles. The van der Waals surface area contributed by atoms with E-state index >= 15 is 0 Å². The molecule has 0 aliphatic carbocycles. The molecular formula is C16H19N3O2. The Balaban J connectivity index is 2.21. The van der Waals surface area contributed by atoms with E-state index in [2.05, 4.69) is 10.3 Å². The van der Waals surface area contributed by atoms with Crippen LogP contribution < -0.4 is 10.2 Å². The number of amides is 1. The van der Waals surface area contributed by atoms with Gasteiger partial charge in [0.05, 0.1) is 0 Å². The first-order valence-electron chi connectivity index (χ1n) is 6.77. The van der Waals surface area contributed by atoms with E-state index in [0.717, 1.165) is 0 Å². The number of phenols is 1. The molecular weight excluding hydrogens is 266 g/mol. The van der Waals surface area contributed by atoms with Crippen molar-refractivity contribution in [3.8, 4) is 5.75 Å². The van der Waals surface area contributed by atoms with Gasteiger partial charge in [-0.05, 0) is 50.2 Å². The van der Waals surface area contributed by atoms with Gasteiger partial charge in [0.25, 0.3) is 5.91 Å². The van der Waals surface area contributed by atoms with Crippen LogP contribution in [-0.4, -0.2) is 29.1 Å². The zero-order valence-corrected chi connectivity index (χ0v) is 12.4. The second-order valence-electron chi connectivity index (χ2n) is 5.11. The van der Waals surface area contributed by atoms with Gasteiger partial charge < -0.3 is 15.3 Å². The van der Waals surface area contributed by atoms with Crippen LogP contribution in [0.5, 0.6) is 5.75 Å². The molecule has 2 N–H and O–H groups in total. The molecule has 21 heavy (non-hydrogen) atoms. The molecule has 0 spiro atoms. The Kier molecular flexibility index (Phi) is 4.42. The number of phenolic OH excluding ortho intramolecular Hbond substituents is 1. The minimum absolute atomic E-state index is 0.130. The normalized spacial score (nSPS) is 10.5. The van der Waals surface area contributed by atoms with Crippen molar-refractivity contribution < 1.29 is 9.90 Å². The summed E-state index contributed by atoms with van der Waals surface area (Å²) in [6.07, 6.45) is 1.61. The third kappa shape index (κ3) is 3.72. The van der Waals surface area contributed by atoms with E-state index in [9.17, 15) is 9.90 Å². The first-order chi connectivity index (χ1) is 9.97. The second kappa shape index (κ2) is 6.26. The molecule has 5 nitrogen and oxygen atoms in total. The van der Waals surface area contributed by atoms with Crippen molar-refractivity contribution >= 4 is 17.4 Å². The van der Waals surface area contributed by atoms with Crippen LogP contribution in [0.2, 0.25) is 0 Å². The van der Waals surface area contributed by atoms with E-state index in [1.54, 1.807) is 49.6 Å². The average Bonchev–Trinajstić information content (AvgIpc) is 2.46. The van der Waals surface area contributed by atoms with Crippen LogP contribution in [0.3, 0.4) is 0 Å². The van der Waals surface area contributed by atoms with Crippen LogP contribution in [0.15, 0.2) is 42.6 Å². The number of benzene rings is 1. The molecule has 0 saturated carbocycles. The minimum Gasteiger partial charge on any atom is -0.508 e. The van der Waals surface area contributed by atoms with Crippen LogP contribution in [0.1, 0.15) is 24.2 Å². The van der Waals surface area contributed by atoms with Crippen molar-refractivity contribution in [1.29, 1.82) is 0 Å². The van der Waals surface area contributed by atoms with E-state index in [1.165, 1.54) is 4.90 Å². The molecule has 0 fully saturated rings. The van der Waals surface area contributed by atoms with E-state index < -0.39 is 0 Å². The largest absolute Gasteiger partial charge is 0.508 e. The van der Waals surface area contributed by atoms with Gasteiger partial charge in [0.15, 0.2) is 0 Å². The molecule has 2 aromatic rings. The fourth-order valence-corrected chi connectivity index (χ4v) is 1.93. The number of rotatable bonds is 4. The first kappa shape index (κ1) is 14.8. The summed E-state index contributed by atoms with van der Waals surface area (Å²) in [6, 6.07) is 10.2. The smallest absolute Gasteiger partial charge is 0.258 e. The lowest BCUT2D eigenvalue weighted by Gasteiger charge is -2.18. The summed E-state index contributed by atoms with van der Waals surface area (Å²) in [4.78, 5) is 18.2. The molecule has 1 aromatic carbocycles. The molecule has 0 bridgehead atoms. The molecule has 1 aromatic heterocycles. The Morgan fingerprint density at radius 2 is 1.90 bits per heavy atom. The Morgan fingerprint density at radius 3 is 2.52 bits per heavy atom. The summed E-state index contributed by atoms with van der Waals surface area (Å²) >= 11 is 0. The number of aromatic nitrogens is 1. The van der Waals surface area contributed by atoms with E-state index in [1.807, 2.05) is 13.8 Å². The van der Waals surface area contributed by atoms with Gasteiger partial charge in [-0.25, -0.2) is 4.98 Å². The molecule has 2 rings (SSSR count). The van der Waals surface area contributed by atoms with Crippen molar-refractivity contribution in [2.75, 3.05) is 17.3 Å². The number of pyridine rings is 1. The quantitative estimate of drug-likeness (QED) is 0.906. The Morgan fingerprint density at radius 1 is 1.24 bits per heavy atom. The van der Waals surface area contributed by atoms with Crippen LogP contribution in [0, 0.1) is 0 Å². The Hall–Kier alpha value is -2.56. The van der Waals surface area contributed by atoms with Crippen LogP contribution >= 0.6 is 0 Å². The maximum absolute atomic E-state index is 12.5. The second-order valence-corrected chi connectivity index (χ2v) is 5.11. The fraction of sp³-hybridized carbons (Fsp3) is 0.250. The van der Waals surface area contributed by atoms with E-state index in [4.69, 9.17) is 0 Å². The lowest BCUT2D eigenvalue weighted by Crippen LogP contribution is -2.26. The lowest BCUT2D eigenvalue weighted by atomic mass is 10.2. The first-order valence-corrected chi connectivity index (χ1v) is 6.77. The van der Waals surface area contributed by atoms with Crippen molar-refractivity contribution in [1.82, 2.24) is 4.98 Å². The Bertz CT molecular complexity index is 624. The van der Waals surface area contributed by atoms with Crippen molar-refractivity contribution in [3.05, 3.63) is 48.2 Å². The highest BCUT2D eigenvalue weighted by atomic mass is 16.3. The summed E-state index contributed by atoms with van der Waals surface area (Å²) in [7, 11) is 1.70. The van der Waals surface area contributed by atoms with Crippen LogP contribution in [0.4, 0.5) is 11.5 Å². The Labute approximate surface area is 124 Å². The van der Waals surface area contributed by atoms with Crippen LogP contribution in [0.25, 0.3) is 0 Å². The average molecular weight is 285 g/mol. The van der Waals surface area contributed by atoms with Gasteiger partial charge in [0.1, 0.15) is 11.6 Å². The molecule has 0 aliphatic rings. The summed E-state index contributed by atoms with van der Waals surface area (Å²) in [5, 5.41) is 12.5. The van der Waals surface area contributed by atoms with E-state index in [0.29, 0.717) is 17.1 Å². The number of carbonyl (C=O) groups is 1. The number of hydrogen-bond acceptors (Lipinski definition) is 4. The van der Waals surface area contributed by atoms with Crippen molar-refractivity contribution in [3.63, 3.8) is 0 Å². The molecule has 0 atom stereocenters. The third-order valence-corrected chi connectivity index (χ3v) is 2.99. The minimum atomic E-state index is -0.130. The maximum atomic E-state index is 12.5. The van der Waals surface area contributed by atoms with Gasteiger partial charge in [0.2, 0.25) is 0 Å². The fourth-order valence-electron chi connectivity index (χ4n) is 1.93. The summed E-state index contributed by atoms with van der Waals surface area (Å²) in [5.41, 5.74) is 1.27. The maximum Gasteiger partial charge on any atom is 0.258 e. The SMILES string of the molecule is CC(C)Nc1cc(C(=O)N(C)c2ccc(O)cc2)ccn1. The monoisotopic (exact) mass is 285 g/mol.